The maximum Gasteiger partial charge on any atom is 0.232 e. The number of aromatic nitrogens is 3. The van der Waals surface area contributed by atoms with Crippen LogP contribution < -0.4 is 4.72 Å². The first-order chi connectivity index (χ1) is 8.52. The van der Waals surface area contributed by atoms with Crippen LogP contribution in [0.15, 0.2) is 30.9 Å². The van der Waals surface area contributed by atoms with Gasteiger partial charge in [0.1, 0.15) is 12.7 Å². The summed E-state index contributed by atoms with van der Waals surface area (Å²) in [4.78, 5) is 3.82. The van der Waals surface area contributed by atoms with Gasteiger partial charge >= 0.3 is 0 Å². The average Bonchev–Trinajstić information content (AvgIpc) is 2.82. The zero-order valence-corrected chi connectivity index (χ0v) is 11.1. The maximum atomic E-state index is 11.6. The van der Waals surface area contributed by atoms with Crippen molar-refractivity contribution in [2.75, 3.05) is 10.5 Å². The van der Waals surface area contributed by atoms with E-state index in [2.05, 4.69) is 14.8 Å². The lowest BCUT2D eigenvalue weighted by atomic mass is 10.3. The van der Waals surface area contributed by atoms with Crippen molar-refractivity contribution >= 4 is 27.3 Å². The minimum atomic E-state index is -3.37. The van der Waals surface area contributed by atoms with Crippen molar-refractivity contribution in [1.82, 2.24) is 14.8 Å². The molecule has 1 heterocycles. The van der Waals surface area contributed by atoms with Crippen molar-refractivity contribution in [2.24, 2.45) is 0 Å². The lowest BCUT2D eigenvalue weighted by molar-refractivity contribution is 0.602. The Morgan fingerprint density at radius 2 is 2.22 bits per heavy atom. The van der Waals surface area contributed by atoms with E-state index in [9.17, 15) is 8.42 Å². The van der Waals surface area contributed by atoms with E-state index in [-0.39, 0.29) is 5.75 Å². The Hall–Kier alpha value is -1.60. The van der Waals surface area contributed by atoms with Crippen LogP contribution in [-0.2, 0) is 10.0 Å². The number of hydrogen-bond acceptors (Lipinski definition) is 4. The number of hydrogen-bond donors (Lipinski definition) is 1. The van der Waals surface area contributed by atoms with Crippen LogP contribution in [0.2, 0.25) is 5.02 Å². The molecular formula is C10H11ClN4O2S. The molecule has 2 rings (SSSR count). The van der Waals surface area contributed by atoms with Gasteiger partial charge in [-0.05, 0) is 25.1 Å². The van der Waals surface area contributed by atoms with Gasteiger partial charge in [-0.2, -0.15) is 5.10 Å². The van der Waals surface area contributed by atoms with Crippen LogP contribution in [0.4, 0.5) is 5.69 Å². The van der Waals surface area contributed by atoms with Crippen LogP contribution in [0.5, 0.6) is 0 Å². The maximum absolute atomic E-state index is 11.6. The number of anilines is 1. The number of halogens is 1. The Morgan fingerprint density at radius 3 is 2.83 bits per heavy atom. The fourth-order valence-corrected chi connectivity index (χ4v) is 2.18. The first-order valence-corrected chi connectivity index (χ1v) is 7.20. The third-order valence-electron chi connectivity index (χ3n) is 2.27. The van der Waals surface area contributed by atoms with E-state index in [0.29, 0.717) is 16.4 Å². The summed E-state index contributed by atoms with van der Waals surface area (Å²) in [6.07, 6.45) is 2.85. The summed E-state index contributed by atoms with van der Waals surface area (Å²) in [5.41, 5.74) is 0.934. The molecule has 0 saturated heterocycles. The molecule has 96 valence electrons. The molecule has 0 amide bonds. The van der Waals surface area contributed by atoms with Gasteiger partial charge in [0.05, 0.1) is 17.1 Å². The fraction of sp³-hybridized carbons (Fsp3) is 0.200. The number of nitrogens with one attached hydrogen (secondary N) is 1. The first-order valence-electron chi connectivity index (χ1n) is 5.17. The summed E-state index contributed by atoms with van der Waals surface area (Å²) in [6, 6.07) is 4.86. The quantitative estimate of drug-likeness (QED) is 0.928. The van der Waals surface area contributed by atoms with Gasteiger partial charge in [0, 0.05) is 5.02 Å². The van der Waals surface area contributed by atoms with Crippen LogP contribution >= 0.6 is 11.6 Å². The fourth-order valence-electron chi connectivity index (χ4n) is 1.36. The molecule has 18 heavy (non-hydrogen) atoms. The number of rotatable bonds is 4. The summed E-state index contributed by atoms with van der Waals surface area (Å²) in [7, 11) is -3.37. The highest BCUT2D eigenvalue weighted by Crippen LogP contribution is 2.24. The van der Waals surface area contributed by atoms with Crippen LogP contribution in [0.3, 0.4) is 0 Å². The zero-order valence-electron chi connectivity index (χ0n) is 9.54. The van der Waals surface area contributed by atoms with Crippen LogP contribution in [0.1, 0.15) is 6.92 Å². The highest BCUT2D eigenvalue weighted by Gasteiger charge is 2.12. The van der Waals surface area contributed by atoms with E-state index >= 15 is 0 Å². The van der Waals surface area contributed by atoms with Crippen molar-refractivity contribution in [2.45, 2.75) is 6.92 Å². The van der Waals surface area contributed by atoms with Crippen LogP contribution in [0, 0.1) is 0 Å². The van der Waals surface area contributed by atoms with Gasteiger partial charge in [0.15, 0.2) is 0 Å². The van der Waals surface area contributed by atoms with E-state index in [4.69, 9.17) is 11.6 Å². The first kappa shape index (κ1) is 12.8. The van der Waals surface area contributed by atoms with Gasteiger partial charge in [-0.1, -0.05) is 11.6 Å². The van der Waals surface area contributed by atoms with E-state index < -0.39 is 10.0 Å². The monoisotopic (exact) mass is 286 g/mol. The smallest absolute Gasteiger partial charge is 0.232 e. The molecule has 0 fully saturated rings. The number of nitrogens with zero attached hydrogens (tertiary/aromatic N) is 3. The predicted octanol–water partition coefficient (Wildman–Crippen LogP) is 1.68. The molecule has 2 aromatic rings. The largest absolute Gasteiger partial charge is 0.281 e. The highest BCUT2D eigenvalue weighted by atomic mass is 35.5. The van der Waals surface area contributed by atoms with Crippen LogP contribution in [-0.4, -0.2) is 28.9 Å². The number of benzene rings is 1. The van der Waals surface area contributed by atoms with E-state index in [1.807, 2.05) is 0 Å². The third kappa shape index (κ3) is 2.80. The molecular weight excluding hydrogens is 276 g/mol. The summed E-state index contributed by atoms with van der Waals surface area (Å²) in [5.74, 6) is -0.0175. The molecule has 0 aliphatic heterocycles. The molecule has 0 aliphatic carbocycles. The van der Waals surface area contributed by atoms with E-state index in [1.165, 1.54) is 23.4 Å². The Balaban J connectivity index is 2.48. The topological polar surface area (TPSA) is 76.9 Å². The minimum Gasteiger partial charge on any atom is -0.281 e. The molecule has 1 aromatic carbocycles. The summed E-state index contributed by atoms with van der Waals surface area (Å²) in [5, 5.41) is 4.40. The molecule has 6 nitrogen and oxygen atoms in total. The van der Waals surface area contributed by atoms with Crippen molar-refractivity contribution in [1.29, 1.82) is 0 Å². The van der Waals surface area contributed by atoms with Gasteiger partial charge < -0.3 is 0 Å². The Labute approximate surface area is 110 Å². The predicted molar refractivity (Wildman–Crippen MR) is 69.5 cm³/mol. The van der Waals surface area contributed by atoms with Gasteiger partial charge in [-0.25, -0.2) is 18.1 Å². The second-order valence-electron chi connectivity index (χ2n) is 3.51. The lowest BCUT2D eigenvalue weighted by Gasteiger charge is -2.11. The minimum absolute atomic E-state index is 0.0175. The molecule has 0 atom stereocenters. The van der Waals surface area contributed by atoms with E-state index in [0.717, 1.165) is 0 Å². The molecule has 0 bridgehead atoms. The van der Waals surface area contributed by atoms with Crippen molar-refractivity contribution < 1.29 is 8.42 Å². The normalized spacial score (nSPS) is 11.4. The molecule has 0 aliphatic rings. The lowest BCUT2D eigenvalue weighted by Crippen LogP contribution is -2.16. The van der Waals surface area contributed by atoms with Crippen molar-refractivity contribution in [3.8, 4) is 5.69 Å². The van der Waals surface area contributed by atoms with Gasteiger partial charge in [-0.3, -0.25) is 4.72 Å². The number of sulfonamides is 1. The second-order valence-corrected chi connectivity index (χ2v) is 5.95. The zero-order chi connectivity index (χ0) is 13.2. The standard InChI is InChI=1S/C10H11ClN4O2S/c1-2-18(16,17)14-9-5-8(11)3-4-10(9)15-7-12-6-13-15/h3-7,14H,2H2,1H3. The van der Waals surface area contributed by atoms with E-state index in [1.54, 1.807) is 19.1 Å². The molecule has 0 saturated carbocycles. The van der Waals surface area contributed by atoms with Crippen molar-refractivity contribution in [3.63, 3.8) is 0 Å². The van der Waals surface area contributed by atoms with Gasteiger partial charge in [-0.15, -0.1) is 0 Å². The molecule has 0 spiro atoms. The summed E-state index contributed by atoms with van der Waals surface area (Å²) in [6.45, 7) is 1.56. The molecule has 1 aromatic heterocycles. The third-order valence-corrected chi connectivity index (χ3v) is 3.80. The summed E-state index contributed by atoms with van der Waals surface area (Å²) >= 11 is 5.87. The SMILES string of the molecule is CCS(=O)(=O)Nc1cc(Cl)ccc1-n1cncn1. The summed E-state index contributed by atoms with van der Waals surface area (Å²) < 4.78 is 27.1. The average molecular weight is 287 g/mol. The van der Waals surface area contributed by atoms with Gasteiger partial charge in [0.2, 0.25) is 10.0 Å². The Morgan fingerprint density at radius 1 is 1.44 bits per heavy atom. The Bertz CT molecular complexity index is 640. The molecule has 0 radical (unpaired) electrons. The molecule has 1 N–H and O–H groups in total. The molecule has 8 heteroatoms. The Kier molecular flexibility index (Phi) is 3.53. The molecule has 0 unspecified atom stereocenters. The van der Waals surface area contributed by atoms with Crippen molar-refractivity contribution in [3.05, 3.63) is 35.9 Å². The van der Waals surface area contributed by atoms with Crippen LogP contribution in [0.25, 0.3) is 5.69 Å². The second kappa shape index (κ2) is 4.95. The van der Waals surface area contributed by atoms with Gasteiger partial charge in [0.25, 0.3) is 0 Å². The highest BCUT2D eigenvalue weighted by molar-refractivity contribution is 7.92.